The SMILES string of the molecule is CC(C)(C)c1cc2c3c4c1c1ccccc1n4-c1cc4c(cc1B3n1c3ccccc3c3cccc-2c31)B1c2c(cc(C(C)(C)C)c3c5ccccc5n-4c23)-c2cccc3c4ccccc4n1c23. The molecule has 17 rings (SSSR count). The minimum absolute atomic E-state index is 0.0567. The number of fused-ring (bicyclic) bond motifs is 22. The Kier molecular flexibility index (Phi) is 6.17. The lowest BCUT2D eigenvalue weighted by Crippen LogP contribution is -2.60. The Bertz CT molecular complexity index is 4300. The van der Waals surface area contributed by atoms with Crippen LogP contribution in [0.4, 0.5) is 0 Å². The number of aromatic nitrogens is 4. The van der Waals surface area contributed by atoms with E-state index in [9.17, 15) is 0 Å². The van der Waals surface area contributed by atoms with Crippen molar-refractivity contribution < 1.29 is 0 Å². The second kappa shape index (κ2) is 11.5. The average Bonchev–Trinajstić information content (AvgIpc) is 4.08. The van der Waals surface area contributed by atoms with Gasteiger partial charge in [0.15, 0.2) is 0 Å². The second-order valence-electron chi connectivity index (χ2n) is 22.4. The Balaban J connectivity index is 1.13. The minimum Gasteiger partial charge on any atom is -0.375 e. The number of benzene rings is 9. The number of hydrogen-bond donors (Lipinski definition) is 0. The van der Waals surface area contributed by atoms with Crippen molar-refractivity contribution in [3.63, 3.8) is 0 Å². The van der Waals surface area contributed by atoms with E-state index in [4.69, 9.17) is 0 Å². The normalized spacial score (nSPS) is 14.3. The zero-order valence-corrected chi connectivity index (χ0v) is 39.0. The van der Waals surface area contributed by atoms with Gasteiger partial charge in [-0.25, -0.2) is 0 Å². The van der Waals surface area contributed by atoms with Crippen LogP contribution in [0.1, 0.15) is 52.7 Å². The van der Waals surface area contributed by atoms with Crippen LogP contribution in [0.15, 0.2) is 158 Å². The lowest BCUT2D eigenvalue weighted by atomic mass is 9.41. The van der Waals surface area contributed by atoms with E-state index in [1.165, 1.54) is 154 Å². The fourth-order valence-corrected chi connectivity index (χ4v) is 14.4. The molecule has 68 heavy (non-hydrogen) atoms. The highest BCUT2D eigenvalue weighted by molar-refractivity contribution is 6.93. The van der Waals surface area contributed by atoms with Gasteiger partial charge in [0.1, 0.15) is 0 Å². The van der Waals surface area contributed by atoms with E-state index in [1.807, 2.05) is 0 Å². The highest BCUT2D eigenvalue weighted by Crippen LogP contribution is 2.50. The van der Waals surface area contributed by atoms with Gasteiger partial charge in [-0.1, -0.05) is 169 Å². The first-order valence-electron chi connectivity index (χ1n) is 24.5. The van der Waals surface area contributed by atoms with Crippen molar-refractivity contribution in [1.82, 2.24) is 18.1 Å². The molecule has 318 valence electrons. The molecule has 4 aromatic heterocycles. The second-order valence-corrected chi connectivity index (χ2v) is 22.4. The fraction of sp³-hybridized carbons (Fsp3) is 0.129. The molecule has 0 aliphatic carbocycles. The maximum Gasteiger partial charge on any atom is 0.333 e. The average molecular weight is 867 g/mol. The van der Waals surface area contributed by atoms with E-state index >= 15 is 0 Å². The Morgan fingerprint density at radius 3 is 1.15 bits per heavy atom. The summed E-state index contributed by atoms with van der Waals surface area (Å²) in [6.07, 6.45) is 0. The van der Waals surface area contributed by atoms with Crippen molar-refractivity contribution in [2.45, 2.75) is 52.4 Å². The molecule has 8 heterocycles. The summed E-state index contributed by atoms with van der Waals surface area (Å²) in [5.74, 6) is 0. The molecule has 13 aromatic rings. The van der Waals surface area contributed by atoms with Gasteiger partial charge >= 0.3 is 13.7 Å². The van der Waals surface area contributed by atoms with Crippen molar-refractivity contribution in [3.8, 4) is 33.6 Å². The molecule has 0 saturated carbocycles. The van der Waals surface area contributed by atoms with Gasteiger partial charge in [0.25, 0.3) is 0 Å². The minimum atomic E-state index is -0.0996. The van der Waals surface area contributed by atoms with Crippen LogP contribution in [-0.4, -0.2) is 31.8 Å². The molecule has 0 fully saturated rings. The quantitative estimate of drug-likeness (QED) is 0.135. The molecule has 4 aliphatic heterocycles. The lowest BCUT2D eigenvalue weighted by Gasteiger charge is -2.38. The van der Waals surface area contributed by atoms with E-state index in [0.717, 1.165) is 0 Å². The van der Waals surface area contributed by atoms with Gasteiger partial charge in [0.05, 0.1) is 22.1 Å². The van der Waals surface area contributed by atoms with E-state index in [0.29, 0.717) is 0 Å². The summed E-state index contributed by atoms with van der Waals surface area (Å²) in [6.45, 7) is 14.3. The maximum absolute atomic E-state index is 2.74. The monoisotopic (exact) mass is 866 g/mol. The van der Waals surface area contributed by atoms with Crippen LogP contribution in [0, 0.1) is 0 Å². The first kappa shape index (κ1) is 36.4. The van der Waals surface area contributed by atoms with Crippen LogP contribution in [0.2, 0.25) is 0 Å². The molecular formula is C62H44B2N4. The molecule has 0 radical (unpaired) electrons. The van der Waals surface area contributed by atoms with Crippen LogP contribution in [0.5, 0.6) is 0 Å². The standard InChI is InChI=1S/C62H44B2N4/c1-61(2,3)43-29-41-37-23-15-21-35-33-17-7-13-27-49(33)67(57(35)37)63-45-31-46-52(32-51(45)65-47-25-11-9-19-39(47)53(43)59(65)55(41)63)66-48-26-12-10-20-40(48)54-44(62(4,5)6)30-42-38-24-16-22-36-34-18-8-14-28-50(34)68(58(36)38)64(46)56(42)60(54)66/h7-32H,1-6H3. The molecular weight excluding hydrogens is 822 g/mol. The third-order valence-electron chi connectivity index (χ3n) is 16.9. The fourth-order valence-electron chi connectivity index (χ4n) is 14.4. The van der Waals surface area contributed by atoms with E-state index in [1.54, 1.807) is 0 Å². The summed E-state index contributed by atoms with van der Waals surface area (Å²) in [4.78, 5) is 0. The van der Waals surface area contributed by atoms with Crippen LogP contribution < -0.4 is 21.9 Å². The van der Waals surface area contributed by atoms with Crippen LogP contribution in [0.3, 0.4) is 0 Å². The topological polar surface area (TPSA) is 19.7 Å². The molecule has 0 atom stereocenters. The van der Waals surface area contributed by atoms with E-state index in [2.05, 4.69) is 217 Å². The van der Waals surface area contributed by atoms with E-state index in [-0.39, 0.29) is 24.5 Å². The van der Waals surface area contributed by atoms with Gasteiger partial charge in [-0.3, -0.25) is 0 Å². The molecule has 0 spiro atoms. The third-order valence-corrected chi connectivity index (χ3v) is 16.9. The van der Waals surface area contributed by atoms with Crippen LogP contribution in [-0.2, 0) is 10.8 Å². The number of hydrogen-bond acceptors (Lipinski definition) is 0. The molecule has 9 aromatic carbocycles. The molecule has 0 saturated heterocycles. The highest BCUT2D eigenvalue weighted by Gasteiger charge is 2.47. The maximum atomic E-state index is 2.74. The molecule has 0 bridgehead atoms. The molecule has 4 nitrogen and oxygen atoms in total. The van der Waals surface area contributed by atoms with Gasteiger partial charge < -0.3 is 18.1 Å². The predicted molar refractivity (Wildman–Crippen MR) is 290 cm³/mol. The third kappa shape index (κ3) is 3.95. The number of para-hydroxylation sites is 6. The van der Waals surface area contributed by atoms with Gasteiger partial charge in [-0.05, 0) is 85.3 Å². The molecule has 4 aliphatic rings. The Morgan fingerprint density at radius 2 is 0.721 bits per heavy atom. The van der Waals surface area contributed by atoms with Crippen molar-refractivity contribution >= 4 is 123 Å². The van der Waals surface area contributed by atoms with Gasteiger partial charge in [-0.2, -0.15) is 0 Å². The van der Waals surface area contributed by atoms with Gasteiger partial charge in [-0.15, -0.1) is 0 Å². The van der Waals surface area contributed by atoms with Crippen molar-refractivity contribution in [1.29, 1.82) is 0 Å². The molecule has 0 N–H and O–H groups in total. The summed E-state index contributed by atoms with van der Waals surface area (Å²) >= 11 is 0. The first-order valence-corrected chi connectivity index (χ1v) is 24.5. The first-order chi connectivity index (χ1) is 33.1. The van der Waals surface area contributed by atoms with Crippen LogP contribution in [0.25, 0.3) is 121 Å². The lowest BCUT2D eigenvalue weighted by molar-refractivity contribution is 0.596. The zero-order chi connectivity index (χ0) is 45.0. The number of nitrogens with zero attached hydrogens (tertiary/aromatic N) is 4. The summed E-state index contributed by atoms with van der Waals surface area (Å²) in [5, 5.41) is 10.7. The highest BCUT2D eigenvalue weighted by atomic mass is 15.1. The van der Waals surface area contributed by atoms with Gasteiger partial charge in [0.2, 0.25) is 0 Å². The Hall–Kier alpha value is -7.69. The van der Waals surface area contributed by atoms with Crippen molar-refractivity contribution in [2.24, 2.45) is 0 Å². The molecule has 0 amide bonds. The summed E-state index contributed by atoms with van der Waals surface area (Å²) in [5.41, 5.74) is 26.6. The van der Waals surface area contributed by atoms with Crippen molar-refractivity contribution in [3.05, 3.63) is 169 Å². The van der Waals surface area contributed by atoms with E-state index < -0.39 is 0 Å². The molecule has 6 heteroatoms. The number of rotatable bonds is 0. The van der Waals surface area contributed by atoms with Gasteiger partial charge in [0, 0.05) is 87.7 Å². The largest absolute Gasteiger partial charge is 0.375 e. The summed E-state index contributed by atoms with van der Waals surface area (Å²) in [6, 6.07) is 61.4. The summed E-state index contributed by atoms with van der Waals surface area (Å²) in [7, 11) is 0. The zero-order valence-electron chi connectivity index (χ0n) is 39.0. The predicted octanol–water partition coefficient (Wildman–Crippen LogP) is 12.6. The smallest absolute Gasteiger partial charge is 0.333 e. The summed E-state index contributed by atoms with van der Waals surface area (Å²) < 4.78 is 10.9. The van der Waals surface area contributed by atoms with Crippen LogP contribution >= 0.6 is 0 Å². The van der Waals surface area contributed by atoms with Crippen molar-refractivity contribution in [2.75, 3.05) is 0 Å². The Morgan fingerprint density at radius 1 is 0.338 bits per heavy atom. The Labute approximate surface area is 393 Å². The molecule has 0 unspecified atom stereocenters.